The van der Waals surface area contributed by atoms with E-state index in [-0.39, 0.29) is 0 Å². The number of amides is 1. The number of Topliss-reactive ketones (excluding diaryl/α,β-unsaturated/α-hetero) is 1. The fraction of sp³-hybridized carbons (Fsp3) is 0.257. The smallest absolute Gasteiger partial charge is 0.298 e. The van der Waals surface area contributed by atoms with Crippen LogP contribution in [0.3, 0.4) is 0 Å². The fourth-order valence-corrected chi connectivity index (χ4v) is 5.83. The fourth-order valence-electron chi connectivity index (χ4n) is 5.83. The molecule has 5 aromatic rings. The molecule has 1 fully saturated rings. The number of hydrogen-bond donors (Lipinski definition) is 1. The summed E-state index contributed by atoms with van der Waals surface area (Å²) in [6, 6.07) is 23.5. The highest BCUT2D eigenvalue weighted by Gasteiger charge is 2.27. The molecule has 0 bridgehead atoms. The Kier molecular flexibility index (Phi) is 8.02. The van der Waals surface area contributed by atoms with Crippen LogP contribution in [0.15, 0.2) is 83.5 Å². The predicted octanol–water partition coefficient (Wildman–Crippen LogP) is 5.97. The summed E-state index contributed by atoms with van der Waals surface area (Å²) in [7, 11) is 0. The second-order valence-electron chi connectivity index (χ2n) is 11.3. The summed E-state index contributed by atoms with van der Waals surface area (Å²) in [5.41, 5.74) is 7.29. The van der Waals surface area contributed by atoms with E-state index in [9.17, 15) is 9.59 Å². The van der Waals surface area contributed by atoms with Gasteiger partial charge in [0.15, 0.2) is 5.89 Å². The van der Waals surface area contributed by atoms with E-state index < -0.39 is 11.7 Å². The highest BCUT2D eigenvalue weighted by molar-refractivity contribution is 6.47. The van der Waals surface area contributed by atoms with Crippen LogP contribution in [0.5, 0.6) is 0 Å². The van der Waals surface area contributed by atoms with Gasteiger partial charge in [-0.2, -0.15) is 0 Å². The summed E-state index contributed by atoms with van der Waals surface area (Å²) >= 11 is 0. The first-order chi connectivity index (χ1) is 21.2. The van der Waals surface area contributed by atoms with Gasteiger partial charge in [-0.15, -0.1) is 0 Å². The molecule has 0 unspecified atom stereocenters. The monoisotopic (exact) mass is 588 g/mol. The highest BCUT2D eigenvalue weighted by Crippen LogP contribution is 2.29. The maximum atomic E-state index is 13.8. The van der Waals surface area contributed by atoms with Gasteiger partial charge in [-0.1, -0.05) is 30.3 Å². The number of pyridine rings is 1. The van der Waals surface area contributed by atoms with Crippen molar-refractivity contribution in [3.63, 3.8) is 0 Å². The lowest BCUT2D eigenvalue weighted by atomic mass is 10.0. The minimum absolute atomic E-state index is 0.311. The molecule has 0 saturated carbocycles. The average Bonchev–Trinajstić information content (AvgIpc) is 3.59. The molecule has 1 N–H and O–H groups in total. The number of rotatable bonds is 8. The predicted molar refractivity (Wildman–Crippen MR) is 172 cm³/mol. The SMILES string of the molecule is Cc1cc(C)nc(N2CCN(c3ccc(NC(=O)C(=O)c4c(-c5ccccc5)cc(C)n4Cc4coc(C)n4)cc3)CC2)c1. The van der Waals surface area contributed by atoms with Gasteiger partial charge in [-0.25, -0.2) is 9.97 Å². The highest BCUT2D eigenvalue weighted by atomic mass is 16.3. The van der Waals surface area contributed by atoms with Crippen LogP contribution >= 0.6 is 0 Å². The molecule has 1 aliphatic heterocycles. The minimum atomic E-state index is -0.694. The van der Waals surface area contributed by atoms with Crippen LogP contribution < -0.4 is 15.1 Å². The maximum absolute atomic E-state index is 13.8. The van der Waals surface area contributed by atoms with Crippen LogP contribution in [0.2, 0.25) is 0 Å². The quantitative estimate of drug-likeness (QED) is 0.176. The number of hydrogen-bond acceptors (Lipinski definition) is 7. The largest absolute Gasteiger partial charge is 0.449 e. The molecule has 6 rings (SSSR count). The van der Waals surface area contributed by atoms with E-state index >= 15 is 0 Å². The molecule has 1 amide bonds. The van der Waals surface area contributed by atoms with Crippen LogP contribution in [0, 0.1) is 27.7 Å². The lowest BCUT2D eigenvalue weighted by Gasteiger charge is -2.37. The number of anilines is 3. The van der Waals surface area contributed by atoms with Crippen molar-refractivity contribution in [3.8, 4) is 11.1 Å². The van der Waals surface area contributed by atoms with E-state index in [1.54, 1.807) is 13.2 Å². The molecule has 3 aromatic heterocycles. The summed E-state index contributed by atoms with van der Waals surface area (Å²) in [5, 5.41) is 2.82. The van der Waals surface area contributed by atoms with E-state index in [0.29, 0.717) is 35.1 Å². The van der Waals surface area contributed by atoms with Gasteiger partial charge in [-0.05, 0) is 74.4 Å². The van der Waals surface area contributed by atoms with Crippen LogP contribution in [0.1, 0.15) is 39.0 Å². The first-order valence-corrected chi connectivity index (χ1v) is 14.8. The van der Waals surface area contributed by atoms with Crippen molar-refractivity contribution < 1.29 is 14.0 Å². The van der Waals surface area contributed by atoms with Crippen molar-refractivity contribution in [1.29, 1.82) is 0 Å². The number of nitrogens with zero attached hydrogens (tertiary/aromatic N) is 5. The molecular weight excluding hydrogens is 552 g/mol. The molecule has 2 aromatic carbocycles. The normalized spacial score (nSPS) is 13.3. The molecule has 1 aliphatic rings. The summed E-state index contributed by atoms with van der Waals surface area (Å²) in [6.45, 7) is 11.6. The molecule has 0 spiro atoms. The molecular formula is C35H36N6O3. The third-order valence-electron chi connectivity index (χ3n) is 7.98. The Labute approximate surface area is 257 Å². The van der Waals surface area contributed by atoms with E-state index in [1.807, 2.05) is 79.1 Å². The molecule has 44 heavy (non-hydrogen) atoms. The second-order valence-corrected chi connectivity index (χ2v) is 11.3. The molecule has 4 heterocycles. The summed E-state index contributed by atoms with van der Waals surface area (Å²) < 4.78 is 7.22. The van der Waals surface area contributed by atoms with Gasteiger partial charge >= 0.3 is 0 Å². The Morgan fingerprint density at radius 2 is 1.55 bits per heavy atom. The van der Waals surface area contributed by atoms with Crippen molar-refractivity contribution >= 4 is 28.9 Å². The van der Waals surface area contributed by atoms with Crippen LogP contribution in [-0.2, 0) is 11.3 Å². The maximum Gasteiger partial charge on any atom is 0.298 e. The molecule has 0 atom stereocenters. The number of oxazole rings is 1. The lowest BCUT2D eigenvalue weighted by Crippen LogP contribution is -2.46. The summed E-state index contributed by atoms with van der Waals surface area (Å²) in [5.74, 6) is 0.262. The molecule has 9 heteroatoms. The van der Waals surface area contributed by atoms with Crippen molar-refractivity contribution in [1.82, 2.24) is 14.5 Å². The lowest BCUT2D eigenvalue weighted by molar-refractivity contribution is -0.112. The standard InChI is InChI=1S/C35H36N6O3/c1-23-18-24(2)36-32(19-23)40-16-14-39(15-17-40)30-12-10-28(11-13-30)38-35(43)34(42)33-31(27-8-6-5-7-9-27)20-25(3)41(33)21-29-22-44-26(4)37-29/h5-13,18-20,22H,14-17,21H2,1-4H3,(H,38,43). The summed E-state index contributed by atoms with van der Waals surface area (Å²) in [4.78, 5) is 40.9. The van der Waals surface area contributed by atoms with Crippen LogP contribution in [0.4, 0.5) is 17.2 Å². The summed E-state index contributed by atoms with van der Waals surface area (Å²) in [6.07, 6.45) is 1.58. The molecule has 0 aliphatic carbocycles. The Balaban J connectivity index is 1.16. The molecule has 0 radical (unpaired) electrons. The van der Waals surface area contributed by atoms with E-state index in [0.717, 1.165) is 54.6 Å². The van der Waals surface area contributed by atoms with Gasteiger partial charge in [0, 0.05) is 61.4 Å². The van der Waals surface area contributed by atoms with Gasteiger partial charge in [0.05, 0.1) is 12.2 Å². The zero-order valence-electron chi connectivity index (χ0n) is 25.5. The zero-order valence-corrected chi connectivity index (χ0v) is 25.5. The topological polar surface area (TPSA) is 96.5 Å². The van der Waals surface area contributed by atoms with Gasteiger partial charge < -0.3 is 24.1 Å². The van der Waals surface area contributed by atoms with Gasteiger partial charge in [0.2, 0.25) is 0 Å². The van der Waals surface area contributed by atoms with Crippen LogP contribution in [0.25, 0.3) is 11.1 Å². The number of piperazine rings is 1. The molecule has 9 nitrogen and oxygen atoms in total. The van der Waals surface area contributed by atoms with Gasteiger partial charge in [0.1, 0.15) is 17.8 Å². The Morgan fingerprint density at radius 1 is 0.841 bits per heavy atom. The van der Waals surface area contributed by atoms with Crippen molar-refractivity contribution in [3.05, 3.63) is 113 Å². The second kappa shape index (κ2) is 12.2. The number of benzene rings is 2. The van der Waals surface area contributed by atoms with Gasteiger partial charge in [0.25, 0.3) is 11.7 Å². The Morgan fingerprint density at radius 3 is 2.20 bits per heavy atom. The number of aryl methyl sites for hydroxylation is 4. The number of carbonyl (C=O) groups is 2. The van der Waals surface area contributed by atoms with E-state index in [2.05, 4.69) is 39.2 Å². The first kappa shape index (κ1) is 28.9. The van der Waals surface area contributed by atoms with Crippen molar-refractivity contribution in [2.45, 2.75) is 34.2 Å². The van der Waals surface area contributed by atoms with E-state index in [1.165, 1.54) is 5.56 Å². The van der Waals surface area contributed by atoms with E-state index in [4.69, 9.17) is 9.40 Å². The first-order valence-electron chi connectivity index (χ1n) is 14.8. The minimum Gasteiger partial charge on any atom is -0.449 e. The number of ketones is 1. The number of aromatic nitrogens is 3. The molecule has 224 valence electrons. The van der Waals surface area contributed by atoms with Gasteiger partial charge in [-0.3, -0.25) is 9.59 Å². The van der Waals surface area contributed by atoms with Crippen molar-refractivity contribution in [2.24, 2.45) is 0 Å². The number of nitrogens with one attached hydrogen (secondary N) is 1. The Bertz CT molecular complexity index is 1780. The number of carbonyl (C=O) groups excluding carboxylic acids is 2. The zero-order chi connectivity index (χ0) is 30.8. The van der Waals surface area contributed by atoms with Crippen LogP contribution in [-0.4, -0.2) is 52.4 Å². The Hall–Kier alpha value is -5.18. The third-order valence-corrected chi connectivity index (χ3v) is 7.98. The molecule has 1 saturated heterocycles. The average molecular weight is 589 g/mol. The third kappa shape index (κ3) is 6.13. The van der Waals surface area contributed by atoms with Crippen molar-refractivity contribution in [2.75, 3.05) is 41.3 Å².